The van der Waals surface area contributed by atoms with Crippen molar-refractivity contribution in [1.29, 1.82) is 0 Å². The first-order chi connectivity index (χ1) is 22.2. The molecule has 12 heteroatoms. The second-order valence-electron chi connectivity index (χ2n) is 10.6. The summed E-state index contributed by atoms with van der Waals surface area (Å²) in [5, 5.41) is 9.29. The van der Waals surface area contributed by atoms with Gasteiger partial charge < -0.3 is 33.5 Å². The monoisotopic (exact) mass is 656 g/mol. The van der Waals surface area contributed by atoms with Crippen molar-refractivity contribution in [2.75, 3.05) is 42.2 Å². The average molecular weight is 657 g/mol. The zero-order chi connectivity index (χ0) is 35.7. The Kier molecular flexibility index (Phi) is 17.1. The molecule has 0 fully saturated rings. The molecule has 0 radical (unpaired) electrons. The fourth-order valence-electron chi connectivity index (χ4n) is 4.36. The number of carbonyl (C=O) groups is 5. The molecule has 0 aliphatic rings. The van der Waals surface area contributed by atoms with E-state index in [1.54, 1.807) is 50.2 Å². The van der Waals surface area contributed by atoms with Gasteiger partial charge in [-0.1, -0.05) is 52.0 Å². The predicted molar refractivity (Wildman–Crippen MR) is 171 cm³/mol. The number of phenolic OH excluding ortho intramolecular Hbond substituents is 1. The number of esters is 5. The van der Waals surface area contributed by atoms with E-state index in [2.05, 4.69) is 4.74 Å². The van der Waals surface area contributed by atoms with Crippen molar-refractivity contribution < 1.29 is 57.5 Å². The van der Waals surface area contributed by atoms with Gasteiger partial charge in [-0.2, -0.15) is 0 Å². The number of aromatic hydroxyl groups is 1. The van der Waals surface area contributed by atoms with Crippen LogP contribution in [0.15, 0.2) is 70.8 Å². The van der Waals surface area contributed by atoms with E-state index in [1.807, 2.05) is 13.8 Å². The third-order valence-corrected chi connectivity index (χ3v) is 6.68. The summed E-state index contributed by atoms with van der Waals surface area (Å²) >= 11 is 0. The van der Waals surface area contributed by atoms with Gasteiger partial charge in [-0.25, -0.2) is 24.0 Å². The Morgan fingerprint density at radius 3 is 1.23 bits per heavy atom. The molecule has 12 nitrogen and oxygen atoms in total. The number of hydrogen-bond donors (Lipinski definition) is 1. The molecule has 0 amide bonds. The Balaban J connectivity index is 0.000000481. The second-order valence-corrected chi connectivity index (χ2v) is 10.6. The molecule has 2 aromatic rings. The van der Waals surface area contributed by atoms with Gasteiger partial charge in [0.1, 0.15) is 11.5 Å². The van der Waals surface area contributed by atoms with Crippen LogP contribution < -0.4 is 4.74 Å². The van der Waals surface area contributed by atoms with Gasteiger partial charge in [0.05, 0.1) is 57.8 Å². The molecule has 0 bridgehead atoms. The van der Waals surface area contributed by atoms with Crippen LogP contribution in [0.5, 0.6) is 11.5 Å². The molecule has 0 aliphatic carbocycles. The van der Waals surface area contributed by atoms with E-state index in [4.69, 9.17) is 23.7 Å². The minimum Gasteiger partial charge on any atom is -0.508 e. The van der Waals surface area contributed by atoms with Gasteiger partial charge in [0.25, 0.3) is 0 Å². The molecule has 0 atom stereocenters. The van der Waals surface area contributed by atoms with Crippen molar-refractivity contribution in [2.45, 2.75) is 40.5 Å². The molecule has 47 heavy (non-hydrogen) atoms. The second kappa shape index (κ2) is 20.1. The van der Waals surface area contributed by atoms with E-state index in [-0.39, 0.29) is 53.8 Å². The summed E-state index contributed by atoms with van der Waals surface area (Å²) in [6, 6.07) is 13.2. The zero-order valence-corrected chi connectivity index (χ0v) is 28.3. The van der Waals surface area contributed by atoms with Crippen LogP contribution in [0, 0.1) is 11.8 Å². The van der Waals surface area contributed by atoms with Crippen molar-refractivity contribution >= 4 is 29.8 Å². The van der Waals surface area contributed by atoms with Crippen LogP contribution in [0.25, 0.3) is 0 Å². The van der Waals surface area contributed by atoms with E-state index in [0.717, 1.165) is 11.1 Å². The SMILES string of the molecule is COC(=O)/C(Cc1ccc(O)cc1)=C(\C(=O)OC)C(C)C.COC(=O)COc1ccc(C/C(C(=O)OC)=C(/C(=O)OC)C(C)C)cc1. The fourth-order valence-corrected chi connectivity index (χ4v) is 4.36. The average Bonchev–Trinajstić information content (AvgIpc) is 3.06. The van der Waals surface area contributed by atoms with Gasteiger partial charge in [0, 0.05) is 12.8 Å². The number of methoxy groups -OCH3 is 5. The normalized spacial score (nSPS) is 11.6. The number of rotatable bonds is 13. The molecule has 2 aromatic carbocycles. The van der Waals surface area contributed by atoms with Crippen LogP contribution in [0.3, 0.4) is 0 Å². The molecule has 0 aromatic heterocycles. The smallest absolute Gasteiger partial charge is 0.343 e. The Morgan fingerprint density at radius 1 is 0.553 bits per heavy atom. The molecule has 0 saturated heterocycles. The highest BCUT2D eigenvalue weighted by Crippen LogP contribution is 2.24. The lowest BCUT2D eigenvalue weighted by Crippen LogP contribution is -2.20. The Labute approximate surface area is 275 Å². The molecule has 0 heterocycles. The molecule has 0 saturated carbocycles. The third kappa shape index (κ3) is 12.6. The van der Waals surface area contributed by atoms with Crippen molar-refractivity contribution in [1.82, 2.24) is 0 Å². The summed E-state index contributed by atoms with van der Waals surface area (Å²) in [5.41, 5.74) is 2.67. The van der Waals surface area contributed by atoms with Gasteiger partial charge in [-0.05, 0) is 47.2 Å². The number of phenols is 1. The minimum absolute atomic E-state index is 0.138. The molecule has 0 aliphatic heterocycles. The highest BCUT2D eigenvalue weighted by Gasteiger charge is 2.26. The van der Waals surface area contributed by atoms with Gasteiger partial charge in [0.2, 0.25) is 0 Å². The maximum Gasteiger partial charge on any atom is 0.343 e. The standard InChI is InChI=1S/C19H24O7.C16H20O5/c1-12(2)17(19(22)25-5)15(18(21)24-4)10-13-6-8-14(9-7-13)26-11-16(20)23-3;1-10(2)14(16(19)21-4)13(15(18)20-3)9-11-5-7-12(17)8-6-11/h6-9,12H,10-11H2,1-5H3;5-8,10,17H,9H2,1-4H3/b17-15-;14-13-. The molecular formula is C35H44O12. The van der Waals surface area contributed by atoms with Crippen molar-refractivity contribution in [3.05, 3.63) is 82.0 Å². The number of ether oxygens (including phenoxy) is 6. The van der Waals surface area contributed by atoms with Crippen LogP contribution in [-0.4, -0.2) is 77.1 Å². The van der Waals surface area contributed by atoms with Crippen LogP contribution in [0.4, 0.5) is 0 Å². The molecule has 0 spiro atoms. The number of hydrogen-bond acceptors (Lipinski definition) is 12. The van der Waals surface area contributed by atoms with Crippen LogP contribution in [0.1, 0.15) is 38.8 Å². The number of carbonyl (C=O) groups excluding carboxylic acids is 5. The van der Waals surface area contributed by atoms with Gasteiger partial charge in [0.15, 0.2) is 6.61 Å². The molecule has 1 N–H and O–H groups in total. The summed E-state index contributed by atoms with van der Waals surface area (Å²) in [6.45, 7) is 7.04. The maximum atomic E-state index is 12.2. The highest BCUT2D eigenvalue weighted by atomic mass is 16.6. The lowest BCUT2D eigenvalue weighted by atomic mass is 9.93. The maximum absolute atomic E-state index is 12.2. The van der Waals surface area contributed by atoms with Gasteiger partial charge >= 0.3 is 29.8 Å². The van der Waals surface area contributed by atoms with Gasteiger partial charge in [-0.3, -0.25) is 0 Å². The van der Waals surface area contributed by atoms with E-state index >= 15 is 0 Å². The topological polar surface area (TPSA) is 161 Å². The Morgan fingerprint density at radius 2 is 0.915 bits per heavy atom. The minimum atomic E-state index is -0.579. The van der Waals surface area contributed by atoms with Crippen molar-refractivity contribution in [3.8, 4) is 11.5 Å². The van der Waals surface area contributed by atoms with E-state index in [9.17, 15) is 29.1 Å². The van der Waals surface area contributed by atoms with Crippen LogP contribution in [-0.2, 0) is 60.5 Å². The lowest BCUT2D eigenvalue weighted by Gasteiger charge is -2.15. The van der Waals surface area contributed by atoms with Gasteiger partial charge in [-0.15, -0.1) is 0 Å². The third-order valence-electron chi connectivity index (χ3n) is 6.68. The highest BCUT2D eigenvalue weighted by molar-refractivity contribution is 6.01. The summed E-state index contributed by atoms with van der Waals surface area (Å²) < 4.78 is 29.0. The van der Waals surface area contributed by atoms with Crippen LogP contribution in [0.2, 0.25) is 0 Å². The summed E-state index contributed by atoms with van der Waals surface area (Å²) in [7, 11) is 6.37. The summed E-state index contributed by atoms with van der Waals surface area (Å²) in [6.07, 6.45) is 0.433. The summed E-state index contributed by atoms with van der Waals surface area (Å²) in [5.74, 6) is -2.48. The quantitative estimate of drug-likeness (QED) is 0.185. The predicted octanol–water partition coefficient (Wildman–Crippen LogP) is 4.31. The molecular weight excluding hydrogens is 612 g/mol. The Hall–Kier alpha value is -5.13. The molecule has 0 unspecified atom stereocenters. The first kappa shape index (κ1) is 39.9. The number of benzene rings is 2. The van der Waals surface area contributed by atoms with Crippen molar-refractivity contribution in [2.24, 2.45) is 11.8 Å². The van der Waals surface area contributed by atoms with Crippen LogP contribution >= 0.6 is 0 Å². The zero-order valence-electron chi connectivity index (χ0n) is 28.3. The van der Waals surface area contributed by atoms with E-state index in [1.165, 1.54) is 47.7 Å². The van der Waals surface area contributed by atoms with Crippen molar-refractivity contribution in [3.63, 3.8) is 0 Å². The molecule has 256 valence electrons. The van der Waals surface area contributed by atoms with E-state index in [0.29, 0.717) is 11.3 Å². The van der Waals surface area contributed by atoms with E-state index < -0.39 is 29.8 Å². The first-order valence-electron chi connectivity index (χ1n) is 14.6. The fraction of sp³-hybridized carbons (Fsp3) is 0.400. The first-order valence-corrected chi connectivity index (χ1v) is 14.6. The lowest BCUT2D eigenvalue weighted by molar-refractivity contribution is -0.143. The summed E-state index contributed by atoms with van der Waals surface area (Å²) in [4.78, 5) is 59.3. The Bertz CT molecular complexity index is 1430. The largest absolute Gasteiger partial charge is 0.508 e. The molecule has 2 rings (SSSR count).